The summed E-state index contributed by atoms with van der Waals surface area (Å²) in [7, 11) is 1.63. The third-order valence-corrected chi connectivity index (χ3v) is 4.23. The highest BCUT2D eigenvalue weighted by Crippen LogP contribution is 2.32. The first-order chi connectivity index (χ1) is 9.81. The van der Waals surface area contributed by atoms with Gasteiger partial charge in [0.2, 0.25) is 5.91 Å². The van der Waals surface area contributed by atoms with Gasteiger partial charge in [0.1, 0.15) is 5.75 Å². The van der Waals surface area contributed by atoms with Crippen molar-refractivity contribution < 1.29 is 9.53 Å². The van der Waals surface area contributed by atoms with Gasteiger partial charge >= 0.3 is 0 Å². The number of hydrogen-bond donors (Lipinski definition) is 1. The summed E-state index contributed by atoms with van der Waals surface area (Å²) in [5.74, 6) is 0.731. The van der Waals surface area contributed by atoms with Crippen LogP contribution in [0.15, 0.2) is 28.1 Å². The van der Waals surface area contributed by atoms with Crippen molar-refractivity contribution in [3.05, 3.63) is 28.1 Å². The van der Waals surface area contributed by atoms with Crippen LogP contribution in [0, 0.1) is 5.41 Å². The summed E-state index contributed by atoms with van der Waals surface area (Å²) >= 11 is 4.87. The van der Waals surface area contributed by atoms with Crippen LogP contribution in [-0.4, -0.2) is 18.0 Å². The number of hydrogen-bond acceptors (Lipinski definition) is 4. The van der Waals surface area contributed by atoms with Gasteiger partial charge in [-0.2, -0.15) is 0 Å². The fraction of sp³-hybridized carbons (Fsp3) is 0.333. The van der Waals surface area contributed by atoms with Crippen LogP contribution in [0.2, 0.25) is 0 Å². The van der Waals surface area contributed by atoms with Gasteiger partial charge in [-0.1, -0.05) is 20.8 Å². The van der Waals surface area contributed by atoms with Crippen molar-refractivity contribution in [2.45, 2.75) is 20.8 Å². The summed E-state index contributed by atoms with van der Waals surface area (Å²) in [6.45, 7) is 5.62. The van der Waals surface area contributed by atoms with Crippen LogP contribution < -0.4 is 10.1 Å². The predicted molar refractivity (Wildman–Crippen MR) is 89.9 cm³/mol. The van der Waals surface area contributed by atoms with Gasteiger partial charge in [0.25, 0.3) is 0 Å². The number of ether oxygens (including phenoxy) is 1. The number of thiazole rings is 1. The molecule has 2 aromatic rings. The Hall–Kier alpha value is -1.40. The second-order valence-electron chi connectivity index (χ2n) is 5.59. The van der Waals surface area contributed by atoms with E-state index in [1.54, 1.807) is 7.11 Å². The second kappa shape index (κ2) is 6.15. The molecule has 1 heterocycles. The number of amides is 1. The molecule has 0 fully saturated rings. The molecule has 0 saturated carbocycles. The Morgan fingerprint density at radius 1 is 1.38 bits per heavy atom. The summed E-state index contributed by atoms with van der Waals surface area (Å²) in [4.78, 5) is 16.4. The highest BCUT2D eigenvalue weighted by Gasteiger charge is 2.22. The lowest BCUT2D eigenvalue weighted by Gasteiger charge is -2.15. The average Bonchev–Trinajstić information content (AvgIpc) is 2.86. The molecule has 21 heavy (non-hydrogen) atoms. The quantitative estimate of drug-likeness (QED) is 0.863. The number of carbonyl (C=O) groups excluding carboxylic acids is 1. The van der Waals surface area contributed by atoms with E-state index < -0.39 is 5.41 Å². The molecule has 1 aromatic heterocycles. The summed E-state index contributed by atoms with van der Waals surface area (Å²) in [5.41, 5.74) is 1.36. The summed E-state index contributed by atoms with van der Waals surface area (Å²) in [6.07, 6.45) is 0. The zero-order valence-electron chi connectivity index (χ0n) is 12.4. The molecule has 0 aliphatic carbocycles. The van der Waals surface area contributed by atoms with Gasteiger partial charge in [-0.25, -0.2) is 4.98 Å². The molecular formula is C15H17BrN2O2S. The number of aromatic nitrogens is 1. The number of benzene rings is 1. The van der Waals surface area contributed by atoms with Crippen molar-refractivity contribution in [3.63, 3.8) is 0 Å². The van der Waals surface area contributed by atoms with Crippen LogP contribution in [0.25, 0.3) is 11.3 Å². The average molecular weight is 369 g/mol. The lowest BCUT2D eigenvalue weighted by Crippen LogP contribution is -2.27. The molecule has 0 spiro atoms. The lowest BCUT2D eigenvalue weighted by molar-refractivity contribution is -0.123. The number of halogens is 1. The van der Waals surface area contributed by atoms with E-state index in [2.05, 4.69) is 26.2 Å². The molecule has 1 aromatic carbocycles. The largest absolute Gasteiger partial charge is 0.496 e. The Bertz CT molecular complexity index is 662. The highest BCUT2D eigenvalue weighted by molar-refractivity contribution is 9.10. The number of nitrogens with zero attached hydrogens (tertiary/aromatic N) is 1. The Balaban J connectivity index is 2.20. The van der Waals surface area contributed by atoms with Crippen LogP contribution >= 0.6 is 27.3 Å². The molecule has 0 radical (unpaired) electrons. The molecule has 1 amide bonds. The summed E-state index contributed by atoms with van der Waals surface area (Å²) in [5, 5.41) is 5.37. The monoisotopic (exact) mass is 368 g/mol. The van der Waals surface area contributed by atoms with E-state index in [1.165, 1.54) is 11.3 Å². The maximum atomic E-state index is 11.9. The minimum Gasteiger partial charge on any atom is -0.496 e. The molecule has 0 aliphatic rings. The van der Waals surface area contributed by atoms with Crippen molar-refractivity contribution in [2.24, 2.45) is 5.41 Å². The predicted octanol–water partition coefficient (Wildman–Crippen LogP) is 4.57. The molecule has 1 N–H and O–H groups in total. The highest BCUT2D eigenvalue weighted by atomic mass is 79.9. The van der Waals surface area contributed by atoms with Crippen molar-refractivity contribution >= 4 is 38.3 Å². The van der Waals surface area contributed by atoms with E-state index in [0.717, 1.165) is 21.5 Å². The number of rotatable bonds is 3. The van der Waals surface area contributed by atoms with Gasteiger partial charge in [0.05, 0.1) is 17.3 Å². The molecule has 0 bridgehead atoms. The molecule has 6 heteroatoms. The van der Waals surface area contributed by atoms with Crippen molar-refractivity contribution in [2.75, 3.05) is 12.4 Å². The van der Waals surface area contributed by atoms with Gasteiger partial charge in [-0.05, 0) is 34.1 Å². The SMILES string of the molecule is COc1ccc(-c2csc(NC(=O)C(C)(C)C)n2)cc1Br. The van der Waals surface area contributed by atoms with Crippen LogP contribution in [0.1, 0.15) is 20.8 Å². The van der Waals surface area contributed by atoms with E-state index >= 15 is 0 Å². The fourth-order valence-corrected chi connectivity index (χ4v) is 2.83. The zero-order valence-corrected chi connectivity index (χ0v) is 14.8. The topological polar surface area (TPSA) is 51.2 Å². The van der Waals surface area contributed by atoms with Crippen LogP contribution in [0.3, 0.4) is 0 Å². The molecule has 2 rings (SSSR count). The second-order valence-corrected chi connectivity index (χ2v) is 7.30. The number of anilines is 1. The Kier molecular flexibility index (Phi) is 4.68. The molecule has 112 valence electrons. The lowest BCUT2D eigenvalue weighted by atomic mass is 9.96. The maximum Gasteiger partial charge on any atom is 0.231 e. The Labute approximate surface area is 136 Å². The van der Waals surface area contributed by atoms with Gasteiger partial charge < -0.3 is 10.1 Å². The van der Waals surface area contributed by atoms with Crippen LogP contribution in [0.4, 0.5) is 5.13 Å². The molecule has 0 unspecified atom stereocenters. The number of nitrogens with one attached hydrogen (secondary N) is 1. The minimum absolute atomic E-state index is 0.0423. The molecule has 0 atom stereocenters. The van der Waals surface area contributed by atoms with E-state index in [-0.39, 0.29) is 5.91 Å². The van der Waals surface area contributed by atoms with Crippen LogP contribution in [0.5, 0.6) is 5.75 Å². The number of methoxy groups -OCH3 is 1. The van der Waals surface area contributed by atoms with Crippen LogP contribution in [-0.2, 0) is 4.79 Å². The summed E-state index contributed by atoms with van der Waals surface area (Å²) in [6, 6.07) is 5.77. The van der Waals surface area contributed by atoms with E-state index in [1.807, 2.05) is 44.4 Å². The third-order valence-electron chi connectivity index (χ3n) is 2.85. The Morgan fingerprint density at radius 3 is 2.67 bits per heavy atom. The van der Waals surface area contributed by atoms with Crippen molar-refractivity contribution in [3.8, 4) is 17.0 Å². The molecular weight excluding hydrogens is 352 g/mol. The van der Waals surface area contributed by atoms with Gasteiger partial charge in [-0.15, -0.1) is 11.3 Å². The minimum atomic E-state index is -0.436. The smallest absolute Gasteiger partial charge is 0.231 e. The van der Waals surface area contributed by atoms with Crippen molar-refractivity contribution in [1.29, 1.82) is 0 Å². The van der Waals surface area contributed by atoms with E-state index in [9.17, 15) is 4.79 Å². The fourth-order valence-electron chi connectivity index (χ4n) is 1.57. The first-order valence-corrected chi connectivity index (χ1v) is 8.09. The summed E-state index contributed by atoms with van der Waals surface area (Å²) < 4.78 is 6.08. The molecule has 4 nitrogen and oxygen atoms in total. The van der Waals surface area contributed by atoms with Crippen molar-refractivity contribution in [1.82, 2.24) is 4.98 Å². The third kappa shape index (κ3) is 3.83. The van der Waals surface area contributed by atoms with E-state index in [0.29, 0.717) is 5.13 Å². The number of carbonyl (C=O) groups is 1. The Morgan fingerprint density at radius 2 is 2.10 bits per heavy atom. The molecule has 0 aliphatic heterocycles. The molecule has 0 saturated heterocycles. The maximum absolute atomic E-state index is 11.9. The first-order valence-electron chi connectivity index (χ1n) is 6.42. The van der Waals surface area contributed by atoms with Gasteiger partial charge in [-0.3, -0.25) is 4.79 Å². The zero-order chi connectivity index (χ0) is 15.6. The van der Waals surface area contributed by atoms with Gasteiger partial charge in [0.15, 0.2) is 5.13 Å². The van der Waals surface area contributed by atoms with Gasteiger partial charge in [0, 0.05) is 16.4 Å². The standard InChI is InChI=1S/C15H17BrN2O2S/c1-15(2,3)13(19)18-14-17-11(8-21-14)9-5-6-12(20-4)10(16)7-9/h5-8H,1-4H3,(H,17,18,19). The normalized spacial score (nSPS) is 11.3. The van der Waals surface area contributed by atoms with E-state index in [4.69, 9.17) is 4.74 Å². The first kappa shape index (κ1) is 16.0.